The Kier molecular flexibility index (Phi) is 5.75. The summed E-state index contributed by atoms with van der Waals surface area (Å²) < 4.78 is 31.3. The van der Waals surface area contributed by atoms with Gasteiger partial charge in [-0.05, 0) is 18.2 Å². The Morgan fingerprint density at radius 3 is 2.68 bits per heavy atom. The minimum absolute atomic E-state index is 0.0335. The van der Waals surface area contributed by atoms with Gasteiger partial charge in [-0.2, -0.15) is 0 Å². The fourth-order valence-electron chi connectivity index (χ4n) is 1.23. The number of hydrogen-bond acceptors (Lipinski definition) is 4. The monoisotopic (exact) mass is 371 g/mol. The first-order chi connectivity index (χ1) is 8.77. The molecule has 1 atom stereocenters. The minimum Gasteiger partial charge on any atom is -0.479 e. The quantitative estimate of drug-likeness (QED) is 0.789. The van der Waals surface area contributed by atoms with Crippen LogP contribution in [0.2, 0.25) is 5.02 Å². The first-order valence-electron chi connectivity index (χ1n) is 4.98. The molecule has 0 spiro atoms. The van der Waals surface area contributed by atoms with Crippen molar-refractivity contribution in [3.63, 3.8) is 0 Å². The van der Waals surface area contributed by atoms with E-state index in [4.69, 9.17) is 16.7 Å². The summed E-state index contributed by atoms with van der Waals surface area (Å²) in [4.78, 5) is 10.6. The molecule has 0 fully saturated rings. The Balaban J connectivity index is 2.90. The van der Waals surface area contributed by atoms with Gasteiger partial charge in [0.25, 0.3) is 0 Å². The smallest absolute Gasteiger partial charge is 0.334 e. The Morgan fingerprint density at radius 2 is 2.21 bits per heavy atom. The summed E-state index contributed by atoms with van der Waals surface area (Å²) in [7, 11) is -2.71. The average molecular weight is 373 g/mol. The van der Waals surface area contributed by atoms with Crippen LogP contribution in [0.15, 0.2) is 27.6 Å². The maximum Gasteiger partial charge on any atom is 0.334 e. The van der Waals surface area contributed by atoms with Crippen molar-refractivity contribution < 1.29 is 23.1 Å². The fraction of sp³-hybridized carbons (Fsp3) is 0.300. The van der Waals surface area contributed by atoms with Gasteiger partial charge in [0.15, 0.2) is 6.10 Å². The van der Waals surface area contributed by atoms with Crippen molar-refractivity contribution in [3.8, 4) is 0 Å². The van der Waals surface area contributed by atoms with E-state index in [0.29, 0.717) is 4.47 Å². The molecule has 106 valence electrons. The van der Waals surface area contributed by atoms with Gasteiger partial charge >= 0.3 is 5.97 Å². The molecule has 0 aliphatic rings. The largest absolute Gasteiger partial charge is 0.479 e. The van der Waals surface area contributed by atoms with Crippen molar-refractivity contribution in [2.24, 2.45) is 0 Å². The van der Waals surface area contributed by atoms with Crippen molar-refractivity contribution in [2.45, 2.75) is 11.0 Å². The van der Waals surface area contributed by atoms with Crippen LogP contribution in [0.5, 0.6) is 0 Å². The van der Waals surface area contributed by atoms with Gasteiger partial charge in [-0.15, -0.1) is 0 Å². The predicted molar refractivity (Wildman–Crippen MR) is 72.8 cm³/mol. The molecule has 1 aromatic carbocycles. The van der Waals surface area contributed by atoms with E-state index < -0.39 is 22.1 Å². The molecule has 6 nitrogen and oxygen atoms in total. The van der Waals surface area contributed by atoms with Gasteiger partial charge in [0, 0.05) is 18.1 Å². The summed E-state index contributed by atoms with van der Waals surface area (Å²) in [5.74, 6) is -1.26. The molecule has 0 saturated heterocycles. The number of sulfonamides is 1. The van der Waals surface area contributed by atoms with Crippen LogP contribution in [-0.2, 0) is 19.6 Å². The highest BCUT2D eigenvalue weighted by Crippen LogP contribution is 2.24. The van der Waals surface area contributed by atoms with Crippen LogP contribution < -0.4 is 4.72 Å². The number of methoxy groups -OCH3 is 1. The zero-order valence-corrected chi connectivity index (χ0v) is 12.9. The number of carboxylic acid groups (broad SMARTS) is 1. The van der Waals surface area contributed by atoms with Gasteiger partial charge in [0.2, 0.25) is 10.0 Å². The van der Waals surface area contributed by atoms with Crippen LogP contribution in [0.1, 0.15) is 0 Å². The number of ether oxygens (including phenoxy) is 1. The van der Waals surface area contributed by atoms with Gasteiger partial charge in [-0.1, -0.05) is 27.5 Å². The Labute approximate surface area is 123 Å². The van der Waals surface area contributed by atoms with E-state index in [1.807, 2.05) is 0 Å². The number of aliphatic carboxylic acids is 1. The lowest BCUT2D eigenvalue weighted by molar-refractivity contribution is -0.147. The number of rotatable bonds is 6. The van der Waals surface area contributed by atoms with Crippen LogP contribution in [0, 0.1) is 0 Å². The van der Waals surface area contributed by atoms with Crippen molar-refractivity contribution >= 4 is 43.5 Å². The molecule has 0 heterocycles. The molecule has 1 aromatic rings. The van der Waals surface area contributed by atoms with Gasteiger partial charge in [0.1, 0.15) is 4.90 Å². The van der Waals surface area contributed by atoms with Crippen molar-refractivity contribution in [3.05, 3.63) is 27.7 Å². The third-order valence-electron chi connectivity index (χ3n) is 2.20. The highest BCUT2D eigenvalue weighted by atomic mass is 79.9. The van der Waals surface area contributed by atoms with Gasteiger partial charge in [0.05, 0.1) is 5.02 Å². The van der Waals surface area contributed by atoms with Gasteiger partial charge in [-0.3, -0.25) is 0 Å². The van der Waals surface area contributed by atoms with E-state index in [0.717, 1.165) is 0 Å². The summed E-state index contributed by atoms with van der Waals surface area (Å²) in [6.07, 6.45) is -1.26. The molecule has 0 aliphatic carbocycles. The van der Waals surface area contributed by atoms with E-state index in [9.17, 15) is 13.2 Å². The summed E-state index contributed by atoms with van der Waals surface area (Å²) >= 11 is 8.99. The van der Waals surface area contributed by atoms with Crippen LogP contribution >= 0.6 is 27.5 Å². The number of halogens is 2. The maximum absolute atomic E-state index is 11.9. The number of nitrogens with one attached hydrogen (secondary N) is 1. The highest BCUT2D eigenvalue weighted by Gasteiger charge is 2.22. The van der Waals surface area contributed by atoms with E-state index >= 15 is 0 Å². The normalized spacial score (nSPS) is 13.2. The molecule has 0 aliphatic heterocycles. The summed E-state index contributed by atoms with van der Waals surface area (Å²) in [6.45, 7) is -0.388. The molecule has 1 rings (SSSR count). The molecule has 1 unspecified atom stereocenters. The highest BCUT2D eigenvalue weighted by molar-refractivity contribution is 9.10. The molecule has 2 N–H and O–H groups in total. The number of carboxylic acids is 1. The topological polar surface area (TPSA) is 92.7 Å². The minimum atomic E-state index is -3.89. The molecule has 0 bridgehead atoms. The fourth-order valence-corrected chi connectivity index (χ4v) is 3.30. The lowest BCUT2D eigenvalue weighted by Crippen LogP contribution is -2.37. The maximum atomic E-state index is 11.9. The van der Waals surface area contributed by atoms with Crippen molar-refractivity contribution in [1.82, 2.24) is 4.72 Å². The number of hydrogen-bond donors (Lipinski definition) is 2. The third kappa shape index (κ3) is 4.43. The molecular formula is C10H11BrClNO5S. The second-order valence-electron chi connectivity index (χ2n) is 3.49. The number of benzene rings is 1. The molecule has 9 heteroatoms. The zero-order valence-electron chi connectivity index (χ0n) is 9.76. The van der Waals surface area contributed by atoms with E-state index in [2.05, 4.69) is 25.4 Å². The SMILES string of the molecule is COC(CNS(=O)(=O)c1ccc(Br)cc1Cl)C(=O)O. The van der Waals surface area contributed by atoms with Gasteiger partial charge < -0.3 is 9.84 Å². The first kappa shape index (κ1) is 16.4. The molecular weight excluding hydrogens is 362 g/mol. The third-order valence-corrected chi connectivity index (χ3v) is 4.60. The lowest BCUT2D eigenvalue weighted by atomic mass is 10.4. The van der Waals surface area contributed by atoms with Crippen LogP contribution in [0.3, 0.4) is 0 Å². The standard InChI is InChI=1S/C10H11BrClNO5S/c1-18-8(10(14)15)5-13-19(16,17)9-3-2-6(11)4-7(9)12/h2-4,8,13H,5H2,1H3,(H,14,15). The van der Waals surface area contributed by atoms with Crippen molar-refractivity contribution in [1.29, 1.82) is 0 Å². The van der Waals surface area contributed by atoms with Crippen LogP contribution in [-0.4, -0.2) is 39.3 Å². The summed E-state index contributed by atoms with van der Waals surface area (Å²) in [5.41, 5.74) is 0. The van der Waals surface area contributed by atoms with E-state index in [1.165, 1.54) is 25.3 Å². The number of carbonyl (C=O) groups is 1. The molecule has 19 heavy (non-hydrogen) atoms. The van der Waals surface area contributed by atoms with E-state index in [1.54, 1.807) is 0 Å². The Hall–Kier alpha value is -0.670. The molecule has 0 saturated carbocycles. The Bertz CT molecular complexity index is 577. The zero-order chi connectivity index (χ0) is 14.6. The average Bonchev–Trinajstić information content (AvgIpc) is 2.28. The van der Waals surface area contributed by atoms with E-state index in [-0.39, 0.29) is 16.5 Å². The molecule has 0 radical (unpaired) electrons. The summed E-state index contributed by atoms with van der Waals surface area (Å²) in [6, 6.07) is 4.27. The second kappa shape index (κ2) is 6.67. The van der Waals surface area contributed by atoms with Crippen molar-refractivity contribution in [2.75, 3.05) is 13.7 Å². The molecule has 0 amide bonds. The lowest BCUT2D eigenvalue weighted by Gasteiger charge is -2.12. The van der Waals surface area contributed by atoms with Crippen LogP contribution in [0.25, 0.3) is 0 Å². The van der Waals surface area contributed by atoms with Gasteiger partial charge in [-0.25, -0.2) is 17.9 Å². The second-order valence-corrected chi connectivity index (χ2v) is 6.55. The van der Waals surface area contributed by atoms with Crippen LogP contribution in [0.4, 0.5) is 0 Å². The first-order valence-corrected chi connectivity index (χ1v) is 7.63. The Morgan fingerprint density at radius 1 is 1.58 bits per heavy atom. The molecule has 0 aromatic heterocycles. The predicted octanol–water partition coefficient (Wildman–Crippen LogP) is 1.48. The summed E-state index contributed by atoms with van der Waals surface area (Å²) in [5, 5.41) is 8.77.